The Morgan fingerprint density at radius 2 is 1.87 bits per heavy atom. The van der Waals surface area contributed by atoms with Crippen LogP contribution >= 0.6 is 11.8 Å². The van der Waals surface area contributed by atoms with Gasteiger partial charge in [0.25, 0.3) is 0 Å². The molecule has 0 aliphatic carbocycles. The number of hydrogen-bond acceptors (Lipinski definition) is 6. The van der Waals surface area contributed by atoms with E-state index >= 15 is 0 Å². The molecule has 1 aromatic heterocycles. The van der Waals surface area contributed by atoms with Crippen LogP contribution in [0, 0.1) is 0 Å². The molecule has 1 N–H and O–H groups in total. The van der Waals surface area contributed by atoms with Gasteiger partial charge in [-0.2, -0.15) is 0 Å². The van der Waals surface area contributed by atoms with Crippen LogP contribution in [0.1, 0.15) is 42.5 Å². The van der Waals surface area contributed by atoms with Gasteiger partial charge in [-0.05, 0) is 44.5 Å². The third-order valence-corrected chi connectivity index (χ3v) is 5.34. The molecule has 3 rings (SSSR count). The molecule has 162 valence electrons. The zero-order chi connectivity index (χ0) is 22.2. The van der Waals surface area contributed by atoms with Gasteiger partial charge >= 0.3 is 5.97 Å². The summed E-state index contributed by atoms with van der Waals surface area (Å²) in [4.78, 5) is 24.5. The highest BCUT2D eigenvalue weighted by Crippen LogP contribution is 2.20. The molecule has 0 aliphatic rings. The number of hydrogen-bond donors (Lipinski definition) is 1. The van der Waals surface area contributed by atoms with E-state index in [1.165, 1.54) is 11.8 Å². The van der Waals surface area contributed by atoms with Crippen LogP contribution < -0.4 is 5.32 Å². The molecule has 8 heteroatoms. The molecular formula is C23H26N4O3S. The van der Waals surface area contributed by atoms with Crippen LogP contribution in [0.25, 0.3) is 0 Å². The van der Waals surface area contributed by atoms with Gasteiger partial charge in [-0.3, -0.25) is 4.79 Å². The Hall–Kier alpha value is -3.13. The van der Waals surface area contributed by atoms with Gasteiger partial charge in [-0.1, -0.05) is 48.2 Å². The van der Waals surface area contributed by atoms with Gasteiger partial charge in [0.05, 0.1) is 17.4 Å². The number of amides is 1. The second-order valence-corrected chi connectivity index (χ2v) is 8.12. The number of benzene rings is 2. The molecule has 0 atom stereocenters. The van der Waals surface area contributed by atoms with Crippen LogP contribution in [0.15, 0.2) is 59.8 Å². The molecule has 0 saturated carbocycles. The van der Waals surface area contributed by atoms with Crippen molar-refractivity contribution in [1.29, 1.82) is 0 Å². The molecule has 2 aromatic carbocycles. The fourth-order valence-corrected chi connectivity index (χ4v) is 3.81. The summed E-state index contributed by atoms with van der Waals surface area (Å²) >= 11 is 1.33. The summed E-state index contributed by atoms with van der Waals surface area (Å²) in [5.74, 6) is 0.453. The lowest BCUT2D eigenvalue weighted by atomic mass is 10.1. The minimum atomic E-state index is -0.414. The van der Waals surface area contributed by atoms with Crippen LogP contribution in [0.5, 0.6) is 0 Å². The average Bonchev–Trinajstić information content (AvgIpc) is 3.14. The molecule has 3 aromatic rings. The van der Waals surface area contributed by atoms with Gasteiger partial charge in [-0.15, -0.1) is 10.2 Å². The molecule has 7 nitrogen and oxygen atoms in total. The predicted octanol–water partition coefficient (Wildman–Crippen LogP) is 4.18. The first kappa shape index (κ1) is 22.6. The van der Waals surface area contributed by atoms with Gasteiger partial charge < -0.3 is 14.6 Å². The summed E-state index contributed by atoms with van der Waals surface area (Å²) in [6, 6.07) is 16.8. The Labute approximate surface area is 186 Å². The number of nitrogens with zero attached hydrogens (tertiary/aromatic N) is 3. The Bertz CT molecular complexity index is 1030. The van der Waals surface area contributed by atoms with Gasteiger partial charge in [0.2, 0.25) is 5.91 Å². The van der Waals surface area contributed by atoms with E-state index in [1.54, 1.807) is 38.1 Å². The minimum absolute atomic E-state index is 0.185. The Morgan fingerprint density at radius 1 is 1.10 bits per heavy atom. The highest BCUT2D eigenvalue weighted by Gasteiger charge is 2.15. The first-order valence-corrected chi connectivity index (χ1v) is 11.1. The third kappa shape index (κ3) is 6.42. The molecular weight excluding hydrogens is 412 g/mol. The van der Waals surface area contributed by atoms with Crippen molar-refractivity contribution in [3.05, 3.63) is 71.5 Å². The number of carbonyl (C=O) groups excluding carboxylic acids is 2. The highest BCUT2D eigenvalue weighted by atomic mass is 32.2. The van der Waals surface area contributed by atoms with Gasteiger partial charge in [-0.25, -0.2) is 4.79 Å². The van der Waals surface area contributed by atoms with Crippen molar-refractivity contribution in [2.45, 2.75) is 45.0 Å². The van der Waals surface area contributed by atoms with Crippen LogP contribution in [-0.2, 0) is 22.5 Å². The normalized spacial score (nSPS) is 10.8. The standard InChI is InChI=1S/C23H26N4O3S/c1-4-27-20(13-17-9-6-5-7-10-17)25-26-23(27)31-15-21(28)24-19-12-8-11-18(14-19)22(29)30-16(2)3/h5-12,14,16H,4,13,15H2,1-3H3,(H,24,28). The van der Waals surface area contributed by atoms with E-state index in [0.29, 0.717) is 22.8 Å². The van der Waals surface area contributed by atoms with E-state index < -0.39 is 5.97 Å². The number of rotatable bonds is 9. The molecule has 1 amide bonds. The quantitative estimate of drug-likeness (QED) is 0.398. The Kier molecular flexibility index (Phi) is 7.83. The predicted molar refractivity (Wildman–Crippen MR) is 121 cm³/mol. The van der Waals surface area contributed by atoms with Crippen LogP contribution in [0.3, 0.4) is 0 Å². The molecule has 31 heavy (non-hydrogen) atoms. The maximum absolute atomic E-state index is 12.4. The number of aromatic nitrogens is 3. The van der Waals surface area contributed by atoms with E-state index in [0.717, 1.165) is 17.9 Å². The number of nitrogens with one attached hydrogen (secondary N) is 1. The number of thioether (sulfide) groups is 1. The van der Waals surface area contributed by atoms with E-state index in [-0.39, 0.29) is 17.8 Å². The van der Waals surface area contributed by atoms with Gasteiger partial charge in [0.1, 0.15) is 5.82 Å². The van der Waals surface area contributed by atoms with Crippen LogP contribution in [0.2, 0.25) is 0 Å². The summed E-state index contributed by atoms with van der Waals surface area (Å²) in [5.41, 5.74) is 2.11. The van der Waals surface area contributed by atoms with Gasteiger partial charge in [0.15, 0.2) is 5.16 Å². The van der Waals surface area contributed by atoms with Crippen LogP contribution in [0.4, 0.5) is 5.69 Å². The Morgan fingerprint density at radius 3 is 2.58 bits per heavy atom. The van der Waals surface area contributed by atoms with E-state index in [4.69, 9.17) is 4.74 Å². The minimum Gasteiger partial charge on any atom is -0.459 e. The molecule has 0 unspecified atom stereocenters. The summed E-state index contributed by atoms with van der Waals surface area (Å²) in [5, 5.41) is 12.1. The summed E-state index contributed by atoms with van der Waals surface area (Å²) < 4.78 is 7.22. The molecule has 0 saturated heterocycles. The van der Waals surface area contributed by atoms with Crippen LogP contribution in [-0.4, -0.2) is 38.5 Å². The van der Waals surface area contributed by atoms with E-state index in [1.807, 2.05) is 29.7 Å². The van der Waals surface area contributed by atoms with Crippen molar-refractivity contribution < 1.29 is 14.3 Å². The number of anilines is 1. The van der Waals surface area contributed by atoms with Crippen molar-refractivity contribution in [3.8, 4) is 0 Å². The SMILES string of the molecule is CCn1c(Cc2ccccc2)nnc1SCC(=O)Nc1cccc(C(=O)OC(C)C)c1. The van der Waals surface area contributed by atoms with Crippen molar-refractivity contribution in [1.82, 2.24) is 14.8 Å². The topological polar surface area (TPSA) is 86.1 Å². The van der Waals surface area contributed by atoms with Crippen molar-refractivity contribution in [3.63, 3.8) is 0 Å². The highest BCUT2D eigenvalue weighted by molar-refractivity contribution is 7.99. The first-order valence-electron chi connectivity index (χ1n) is 10.2. The lowest BCUT2D eigenvalue weighted by molar-refractivity contribution is -0.113. The molecule has 0 fully saturated rings. The smallest absolute Gasteiger partial charge is 0.338 e. The van der Waals surface area contributed by atoms with Gasteiger partial charge in [0, 0.05) is 18.7 Å². The monoisotopic (exact) mass is 438 g/mol. The maximum Gasteiger partial charge on any atom is 0.338 e. The Balaban J connectivity index is 1.59. The average molecular weight is 439 g/mol. The molecule has 0 spiro atoms. The zero-order valence-corrected chi connectivity index (χ0v) is 18.7. The summed E-state index contributed by atoms with van der Waals surface area (Å²) in [7, 11) is 0. The second kappa shape index (κ2) is 10.8. The van der Waals surface area contributed by atoms with E-state index in [2.05, 4.69) is 27.6 Å². The molecule has 0 bridgehead atoms. The lowest BCUT2D eigenvalue weighted by Crippen LogP contribution is -2.16. The number of ether oxygens (including phenoxy) is 1. The zero-order valence-electron chi connectivity index (χ0n) is 17.9. The number of carbonyl (C=O) groups is 2. The first-order chi connectivity index (χ1) is 15.0. The maximum atomic E-state index is 12.4. The fourth-order valence-electron chi connectivity index (χ4n) is 2.99. The van der Waals surface area contributed by atoms with Crippen molar-refractivity contribution >= 4 is 29.3 Å². The van der Waals surface area contributed by atoms with E-state index in [9.17, 15) is 9.59 Å². The van der Waals surface area contributed by atoms with Crippen molar-refractivity contribution in [2.24, 2.45) is 0 Å². The molecule has 0 aliphatic heterocycles. The largest absolute Gasteiger partial charge is 0.459 e. The summed E-state index contributed by atoms with van der Waals surface area (Å²) in [6.45, 7) is 6.34. The lowest BCUT2D eigenvalue weighted by Gasteiger charge is -2.10. The van der Waals surface area contributed by atoms with Crippen molar-refractivity contribution in [2.75, 3.05) is 11.1 Å². The third-order valence-electron chi connectivity index (χ3n) is 4.37. The fraction of sp³-hybridized carbons (Fsp3) is 0.304. The molecule has 1 heterocycles. The second-order valence-electron chi connectivity index (χ2n) is 7.18. The molecule has 0 radical (unpaired) electrons. The summed E-state index contributed by atoms with van der Waals surface area (Å²) in [6.07, 6.45) is 0.484. The number of esters is 1.